The van der Waals surface area contributed by atoms with E-state index in [0.29, 0.717) is 28.0 Å². The van der Waals surface area contributed by atoms with Gasteiger partial charge in [0.25, 0.3) is 0 Å². The highest BCUT2D eigenvalue weighted by molar-refractivity contribution is 8.16. The standard InChI is InChI=1S/C15H17ClN2O4S2/c1-3-14(19)17-15-18(10-5-4-9(16)6-12(10)22-2)11-7-24(20,21)8-13(11)23-15/h4-6,11,13H,3,7-8H2,1-2H3/t11-,13+/m1/s1. The summed E-state index contributed by atoms with van der Waals surface area (Å²) in [6.07, 6.45) is 0.295. The van der Waals surface area contributed by atoms with Crippen LogP contribution in [0.5, 0.6) is 5.75 Å². The molecular weight excluding hydrogens is 372 g/mol. The van der Waals surface area contributed by atoms with E-state index in [0.717, 1.165) is 0 Å². The summed E-state index contributed by atoms with van der Waals surface area (Å²) in [6.45, 7) is 1.74. The molecule has 2 saturated heterocycles. The Morgan fingerprint density at radius 2 is 2.21 bits per heavy atom. The van der Waals surface area contributed by atoms with E-state index >= 15 is 0 Å². The van der Waals surface area contributed by atoms with Crippen molar-refractivity contribution in [3.63, 3.8) is 0 Å². The van der Waals surface area contributed by atoms with Gasteiger partial charge in [0.2, 0.25) is 5.91 Å². The van der Waals surface area contributed by atoms with Gasteiger partial charge in [-0.05, 0) is 12.1 Å². The first-order valence-electron chi connectivity index (χ1n) is 7.46. The number of carbonyl (C=O) groups is 1. The van der Waals surface area contributed by atoms with Crippen LogP contribution in [0.25, 0.3) is 0 Å². The smallest absolute Gasteiger partial charge is 0.247 e. The average Bonchev–Trinajstić information content (AvgIpc) is 2.98. The molecule has 9 heteroatoms. The number of methoxy groups -OCH3 is 1. The van der Waals surface area contributed by atoms with Gasteiger partial charge in [-0.3, -0.25) is 4.79 Å². The largest absolute Gasteiger partial charge is 0.495 e. The highest BCUT2D eigenvalue weighted by atomic mass is 35.5. The Bertz CT molecular complexity index is 810. The van der Waals surface area contributed by atoms with E-state index in [1.807, 2.05) is 4.90 Å². The number of carbonyl (C=O) groups excluding carboxylic acids is 1. The number of ether oxygens (including phenoxy) is 1. The molecule has 24 heavy (non-hydrogen) atoms. The number of amidine groups is 1. The zero-order valence-electron chi connectivity index (χ0n) is 13.2. The topological polar surface area (TPSA) is 76.0 Å². The van der Waals surface area contributed by atoms with Gasteiger partial charge in [0, 0.05) is 22.8 Å². The van der Waals surface area contributed by atoms with Gasteiger partial charge in [0.05, 0.1) is 30.3 Å². The van der Waals surface area contributed by atoms with Gasteiger partial charge in [0.15, 0.2) is 15.0 Å². The zero-order valence-corrected chi connectivity index (χ0v) is 15.6. The van der Waals surface area contributed by atoms with Gasteiger partial charge in [-0.1, -0.05) is 30.3 Å². The number of amides is 1. The van der Waals surface area contributed by atoms with Gasteiger partial charge in [0.1, 0.15) is 5.75 Å². The second-order valence-corrected chi connectivity index (χ2v) is 9.42. The van der Waals surface area contributed by atoms with E-state index in [4.69, 9.17) is 16.3 Å². The van der Waals surface area contributed by atoms with Crippen LogP contribution in [-0.4, -0.2) is 49.4 Å². The normalized spacial score (nSPS) is 26.6. The number of halogens is 1. The van der Waals surface area contributed by atoms with E-state index in [-0.39, 0.29) is 28.7 Å². The second kappa shape index (κ2) is 6.57. The monoisotopic (exact) mass is 388 g/mol. The van der Waals surface area contributed by atoms with Crippen LogP contribution in [-0.2, 0) is 14.6 Å². The van der Waals surface area contributed by atoms with Gasteiger partial charge >= 0.3 is 0 Å². The molecule has 3 rings (SSSR count). The fraction of sp³-hybridized carbons (Fsp3) is 0.467. The lowest BCUT2D eigenvalue weighted by molar-refractivity contribution is -0.117. The summed E-state index contributed by atoms with van der Waals surface area (Å²) >= 11 is 7.36. The van der Waals surface area contributed by atoms with E-state index in [2.05, 4.69) is 4.99 Å². The first kappa shape index (κ1) is 17.6. The highest BCUT2D eigenvalue weighted by Gasteiger charge is 2.50. The Morgan fingerprint density at radius 3 is 2.88 bits per heavy atom. The molecule has 0 radical (unpaired) electrons. The number of sulfone groups is 1. The lowest BCUT2D eigenvalue weighted by Crippen LogP contribution is -2.38. The Labute approximate surface area is 150 Å². The van der Waals surface area contributed by atoms with Crippen LogP contribution in [0.1, 0.15) is 13.3 Å². The molecule has 0 bridgehead atoms. The number of fused-ring (bicyclic) bond motifs is 1. The number of nitrogens with zero attached hydrogens (tertiary/aromatic N) is 2. The SMILES string of the molecule is CCC(=O)N=C1S[C@H]2CS(=O)(=O)C[C@H]2N1c1ccc(Cl)cc1OC. The predicted octanol–water partition coefficient (Wildman–Crippen LogP) is 2.36. The van der Waals surface area contributed by atoms with Gasteiger partial charge in [-0.2, -0.15) is 4.99 Å². The lowest BCUT2D eigenvalue weighted by atomic mass is 10.2. The van der Waals surface area contributed by atoms with Crippen LogP contribution in [0.4, 0.5) is 5.69 Å². The van der Waals surface area contributed by atoms with Crippen molar-refractivity contribution in [3.05, 3.63) is 23.2 Å². The third-order valence-electron chi connectivity index (χ3n) is 3.99. The quantitative estimate of drug-likeness (QED) is 0.791. The number of hydrogen-bond acceptors (Lipinski definition) is 5. The van der Waals surface area contributed by atoms with Crippen molar-refractivity contribution >= 4 is 50.0 Å². The van der Waals surface area contributed by atoms with E-state index in [1.165, 1.54) is 18.9 Å². The molecule has 1 amide bonds. The summed E-state index contributed by atoms with van der Waals surface area (Å²) in [7, 11) is -1.58. The number of aliphatic imine (C=N–C) groups is 1. The van der Waals surface area contributed by atoms with Crippen molar-refractivity contribution in [1.29, 1.82) is 0 Å². The number of rotatable bonds is 3. The fourth-order valence-electron chi connectivity index (χ4n) is 2.88. The lowest BCUT2D eigenvalue weighted by Gasteiger charge is -2.26. The minimum absolute atomic E-state index is 0.0375. The minimum Gasteiger partial charge on any atom is -0.495 e. The average molecular weight is 389 g/mol. The van der Waals surface area contributed by atoms with Gasteiger partial charge in [-0.15, -0.1) is 0 Å². The molecule has 0 aromatic heterocycles. The molecule has 2 atom stereocenters. The van der Waals surface area contributed by atoms with Crippen LogP contribution in [0.2, 0.25) is 5.02 Å². The Balaban J connectivity index is 2.08. The highest BCUT2D eigenvalue weighted by Crippen LogP contribution is 2.44. The number of benzene rings is 1. The second-order valence-electron chi connectivity index (χ2n) is 5.63. The van der Waals surface area contributed by atoms with Crippen molar-refractivity contribution in [2.45, 2.75) is 24.6 Å². The molecule has 0 spiro atoms. The summed E-state index contributed by atoms with van der Waals surface area (Å²) in [5.74, 6) is 0.409. The molecule has 0 N–H and O–H groups in total. The van der Waals surface area contributed by atoms with Crippen molar-refractivity contribution in [2.75, 3.05) is 23.5 Å². The summed E-state index contributed by atoms with van der Waals surface area (Å²) in [4.78, 5) is 17.8. The van der Waals surface area contributed by atoms with Crippen LogP contribution >= 0.6 is 23.4 Å². The molecule has 2 aliphatic rings. The molecular formula is C15H17ClN2O4S2. The molecule has 6 nitrogen and oxygen atoms in total. The molecule has 1 aromatic rings. The third-order valence-corrected chi connectivity index (χ3v) is 7.44. The predicted molar refractivity (Wildman–Crippen MR) is 97.0 cm³/mol. The number of anilines is 1. The molecule has 0 saturated carbocycles. The maximum absolute atomic E-state index is 12.0. The number of thioether (sulfide) groups is 1. The van der Waals surface area contributed by atoms with Crippen molar-refractivity contribution in [1.82, 2.24) is 0 Å². The molecule has 0 unspecified atom stereocenters. The summed E-state index contributed by atoms with van der Waals surface area (Å²) < 4.78 is 29.4. The van der Waals surface area contributed by atoms with E-state index in [9.17, 15) is 13.2 Å². The van der Waals surface area contributed by atoms with Gasteiger partial charge < -0.3 is 9.64 Å². The zero-order chi connectivity index (χ0) is 17.5. The molecule has 1 aromatic carbocycles. The maximum Gasteiger partial charge on any atom is 0.247 e. The van der Waals surface area contributed by atoms with Crippen LogP contribution in [0.3, 0.4) is 0 Å². The molecule has 0 aliphatic carbocycles. The first-order chi connectivity index (χ1) is 11.3. The van der Waals surface area contributed by atoms with Gasteiger partial charge in [-0.25, -0.2) is 8.42 Å². The Morgan fingerprint density at radius 1 is 1.46 bits per heavy atom. The molecule has 2 fully saturated rings. The van der Waals surface area contributed by atoms with Crippen molar-refractivity contribution in [3.8, 4) is 5.75 Å². The van der Waals surface area contributed by atoms with E-state index in [1.54, 1.807) is 25.1 Å². The minimum atomic E-state index is -3.10. The molecule has 2 aliphatic heterocycles. The maximum atomic E-state index is 12.0. The summed E-state index contributed by atoms with van der Waals surface area (Å²) in [5, 5.41) is 0.896. The number of hydrogen-bond donors (Lipinski definition) is 0. The molecule has 130 valence electrons. The van der Waals surface area contributed by atoms with Crippen LogP contribution < -0.4 is 9.64 Å². The summed E-state index contributed by atoms with van der Waals surface area (Å²) in [5.41, 5.74) is 0.668. The van der Waals surface area contributed by atoms with Crippen LogP contribution in [0, 0.1) is 0 Å². The van der Waals surface area contributed by atoms with Crippen LogP contribution in [0.15, 0.2) is 23.2 Å². The summed E-state index contributed by atoms with van der Waals surface area (Å²) in [6, 6.07) is 4.87. The fourth-order valence-corrected chi connectivity index (χ4v) is 6.97. The molecule has 2 heterocycles. The Kier molecular flexibility index (Phi) is 4.81. The van der Waals surface area contributed by atoms with Crippen molar-refractivity contribution < 1.29 is 17.9 Å². The first-order valence-corrected chi connectivity index (χ1v) is 10.5. The Hall–Kier alpha value is -1.25. The van der Waals surface area contributed by atoms with Crippen molar-refractivity contribution in [2.24, 2.45) is 4.99 Å². The third kappa shape index (κ3) is 3.27. The van der Waals surface area contributed by atoms with E-state index < -0.39 is 9.84 Å².